The number of carboxylic acid groups (broad SMARTS) is 1. The predicted molar refractivity (Wildman–Crippen MR) is 311 cm³/mol. The van der Waals surface area contributed by atoms with Crippen molar-refractivity contribution in [2.45, 2.75) is 123 Å². The number of carboxylic acids is 1. The molecule has 86 heavy (non-hydrogen) atoms. The highest BCUT2D eigenvalue weighted by Gasteiger charge is 2.61. The van der Waals surface area contributed by atoms with Gasteiger partial charge in [-0.15, -0.1) is 11.3 Å². The van der Waals surface area contributed by atoms with E-state index in [9.17, 15) is 57.9 Å². The normalized spacial score (nSPS) is 24.9. The maximum Gasteiger partial charge on any atom is 0.306 e. The summed E-state index contributed by atoms with van der Waals surface area (Å²) in [7, 11) is -1.97. The number of aliphatic carboxylic acids is 1. The van der Waals surface area contributed by atoms with Crippen LogP contribution in [0.3, 0.4) is 0 Å². The van der Waals surface area contributed by atoms with Gasteiger partial charge in [0.15, 0.2) is 6.10 Å². The number of hydrogen-bond acceptors (Lipinski definition) is 18. The summed E-state index contributed by atoms with van der Waals surface area (Å²) in [6, 6.07) is 3.43. The van der Waals surface area contributed by atoms with Crippen LogP contribution >= 0.6 is 18.9 Å². The second-order valence-corrected chi connectivity index (χ2v) is 26.2. The lowest BCUT2D eigenvalue weighted by Crippen LogP contribution is -2.43. The fourth-order valence-corrected chi connectivity index (χ4v) is 14.2. The zero-order valence-electron chi connectivity index (χ0n) is 49.5. The van der Waals surface area contributed by atoms with E-state index in [0.717, 1.165) is 27.6 Å². The number of phenolic OH excluding ortho intramolecular Hbond substituents is 1. The Morgan fingerprint density at radius 2 is 1.34 bits per heavy atom. The number of thiazole rings is 1. The van der Waals surface area contributed by atoms with E-state index in [1.807, 2.05) is 27.7 Å². The number of carbonyl (C=O) groups is 9. The summed E-state index contributed by atoms with van der Waals surface area (Å²) in [6.07, 6.45) is 5.98. The molecule has 0 saturated carbocycles. The quantitative estimate of drug-likeness (QED) is 0.0130. The molecule has 4 bridgehead atoms. The van der Waals surface area contributed by atoms with Gasteiger partial charge in [-0.05, 0) is 42.4 Å². The Hall–Kier alpha value is -6.29. The summed E-state index contributed by atoms with van der Waals surface area (Å²) < 4.78 is 42.8. The smallest absolute Gasteiger partial charge is 0.306 e. The zero-order chi connectivity index (χ0) is 62.1. The van der Waals surface area contributed by atoms with Crippen molar-refractivity contribution < 1.29 is 81.6 Å². The lowest BCUT2D eigenvalue weighted by Gasteiger charge is -2.34. The lowest BCUT2D eigenvalue weighted by molar-refractivity contribution is -0.149. The largest absolute Gasteiger partial charge is 0.506 e. The van der Waals surface area contributed by atoms with E-state index in [4.69, 9.17) is 23.7 Å². The summed E-state index contributed by atoms with van der Waals surface area (Å²) in [6.45, 7) is 10.9. The first-order valence-corrected chi connectivity index (χ1v) is 32.0. The van der Waals surface area contributed by atoms with Crippen molar-refractivity contribution in [1.82, 2.24) is 40.3 Å². The second kappa shape index (κ2) is 29.1. The molecule has 6 aliphatic rings. The number of benzene rings is 1. The molecule has 4 fully saturated rings. The van der Waals surface area contributed by atoms with E-state index >= 15 is 0 Å². The van der Waals surface area contributed by atoms with Gasteiger partial charge in [0.2, 0.25) is 35.4 Å². The number of phenols is 1. The maximum atomic E-state index is 14.3. The van der Waals surface area contributed by atoms with Crippen LogP contribution in [0.4, 0.5) is 5.69 Å². The topological polar surface area (TPSA) is 340 Å². The number of anilines is 1. The SMILES string of the molecule is CC[C@H](C)CC(=O)N(C)C(C[C@@H](OC(C)=O)c1nc(C(=O)N[C@@H](Cc2ccc(O)c(NC(=O)CCOCCOCCNP(=O)(NCCN3C(=O)C4C5C=CC(O5)C4C3=O)NCCN3C(=O)C4C5C=CC(O5)C4C3=O)c2)CC(C)C(=O)O)cs1)C(C)C. The molecule has 0 radical (unpaired) electrons. The maximum absolute atomic E-state index is 14.3. The molecular weight excluding hydrogens is 1160 g/mol. The van der Waals surface area contributed by atoms with Crippen LogP contribution in [0.2, 0.25) is 0 Å². The van der Waals surface area contributed by atoms with Crippen LogP contribution in [0, 0.1) is 41.4 Å². The second-order valence-electron chi connectivity index (χ2n) is 23.2. The Labute approximate surface area is 503 Å². The van der Waals surface area contributed by atoms with E-state index in [1.54, 1.807) is 42.3 Å². The molecule has 10 unspecified atom stereocenters. The molecule has 8 rings (SSSR count). The zero-order valence-corrected chi connectivity index (χ0v) is 51.2. The highest BCUT2D eigenvalue weighted by atomic mass is 32.1. The first-order chi connectivity index (χ1) is 41.0. The minimum Gasteiger partial charge on any atom is -0.506 e. The number of amides is 7. The molecule has 2 aromatic rings. The lowest BCUT2D eigenvalue weighted by atomic mass is 9.85. The number of aromatic hydroxyl groups is 1. The van der Waals surface area contributed by atoms with Crippen molar-refractivity contribution in [3.05, 3.63) is 64.1 Å². The van der Waals surface area contributed by atoms with Gasteiger partial charge in [-0.25, -0.2) is 20.2 Å². The molecule has 470 valence electrons. The average Bonchev–Trinajstić information content (AvgIpc) is 1.61. The molecule has 26 nitrogen and oxygen atoms in total. The van der Waals surface area contributed by atoms with Crippen LogP contribution in [0.15, 0.2) is 47.9 Å². The molecule has 7 N–H and O–H groups in total. The minimum absolute atomic E-state index is 0.00394. The van der Waals surface area contributed by atoms with Crippen molar-refractivity contribution >= 4 is 77.9 Å². The Kier molecular flexibility index (Phi) is 22.3. The third kappa shape index (κ3) is 15.7. The van der Waals surface area contributed by atoms with E-state index in [2.05, 4.69) is 30.9 Å². The summed E-state index contributed by atoms with van der Waals surface area (Å²) in [5.74, 6) is -7.41. The van der Waals surface area contributed by atoms with Crippen molar-refractivity contribution in [1.29, 1.82) is 0 Å². The fourth-order valence-electron chi connectivity index (χ4n) is 11.8. The highest BCUT2D eigenvalue weighted by Crippen LogP contribution is 2.46. The Balaban J connectivity index is 0.781. The molecule has 4 saturated heterocycles. The van der Waals surface area contributed by atoms with Crippen LogP contribution in [0.1, 0.15) is 101 Å². The molecule has 1 aromatic heterocycles. The number of aromatic nitrogens is 1. The van der Waals surface area contributed by atoms with Crippen LogP contribution in [-0.4, -0.2) is 186 Å². The number of carbonyl (C=O) groups excluding carboxylic acids is 8. The van der Waals surface area contributed by atoms with Gasteiger partial charge in [0.05, 0.1) is 92.5 Å². The standard InChI is InChI=1S/C58H80N9O17PS/c1-8-32(4)25-47(71)65(7)39(31(2)3)29-45(82-34(6)68)53-64-38(30-86-53)52(72)62-36(26-33(5)58(77)78)27-35-9-10-40(69)37(28-35)63-46(70)15-21-80-23-24-81-22-18-61-85(79,59-16-19-66-54(73)48-41-11-12-42(83-41)49(48)55(66)74)60-17-20-67-56(75)50-43-13-14-44(84-43)51(50)57(67)76/h9-14,28,30-33,36,39,41-45,48-51,69H,8,15-27,29H2,1-7H3,(H,62,72)(H,63,70)(H,77,78)(H3,59,60,61,79)/t32-,33?,36+,39?,41?,42?,43?,44?,45+,48?,49?,50?,51?,85?/m0/s1. The minimum atomic E-state index is -3.70. The molecule has 7 heterocycles. The van der Waals surface area contributed by atoms with Crippen LogP contribution in [-0.2, 0) is 73.0 Å². The number of likely N-dealkylation sites (tertiary alicyclic amines) is 2. The number of nitrogens with zero attached hydrogens (tertiary/aromatic N) is 4. The molecule has 13 atom stereocenters. The first-order valence-electron chi connectivity index (χ1n) is 29.4. The Bertz CT molecular complexity index is 2840. The van der Waals surface area contributed by atoms with Gasteiger partial charge in [0.25, 0.3) is 13.5 Å². The van der Waals surface area contributed by atoms with Gasteiger partial charge < -0.3 is 49.4 Å². The van der Waals surface area contributed by atoms with Gasteiger partial charge in [-0.2, -0.15) is 0 Å². The van der Waals surface area contributed by atoms with Gasteiger partial charge in [0, 0.05) is 77.0 Å². The molecule has 7 amide bonds. The number of hydrogen-bond donors (Lipinski definition) is 7. The monoisotopic (exact) mass is 1240 g/mol. The molecule has 0 spiro atoms. The summed E-state index contributed by atoms with van der Waals surface area (Å²) >= 11 is 1.12. The van der Waals surface area contributed by atoms with Gasteiger partial charge >= 0.3 is 11.9 Å². The fraction of sp³-hybridized carbons (Fsp3) is 0.621. The van der Waals surface area contributed by atoms with E-state index in [-0.39, 0.29) is 149 Å². The summed E-state index contributed by atoms with van der Waals surface area (Å²) in [4.78, 5) is 126. The van der Waals surface area contributed by atoms with Crippen molar-refractivity contribution in [2.75, 3.05) is 71.5 Å². The number of nitrogens with one attached hydrogen (secondary N) is 5. The van der Waals surface area contributed by atoms with Crippen LogP contribution < -0.4 is 25.9 Å². The van der Waals surface area contributed by atoms with E-state index in [1.165, 1.54) is 31.4 Å². The van der Waals surface area contributed by atoms with Crippen molar-refractivity contribution in [3.8, 4) is 5.75 Å². The predicted octanol–water partition coefficient (Wildman–Crippen LogP) is 3.33. The molecular formula is C58H80N9O17PS. The number of rotatable bonds is 35. The number of fused-ring (bicyclic) bond motifs is 10. The van der Waals surface area contributed by atoms with Gasteiger partial charge in [-0.3, -0.25) is 57.5 Å². The summed E-state index contributed by atoms with van der Waals surface area (Å²) in [5, 5.41) is 36.8. The van der Waals surface area contributed by atoms with Gasteiger partial charge in [0.1, 0.15) is 16.5 Å². The summed E-state index contributed by atoms with van der Waals surface area (Å²) in [5.41, 5.74) is 0.655. The molecule has 6 aliphatic heterocycles. The first kappa shape index (κ1) is 65.7. The number of imide groups is 2. The highest BCUT2D eigenvalue weighted by molar-refractivity contribution is 7.57. The van der Waals surface area contributed by atoms with E-state index < -0.39 is 97.5 Å². The number of ether oxygens (including phenoxy) is 5. The Morgan fingerprint density at radius 1 is 0.791 bits per heavy atom. The van der Waals surface area contributed by atoms with Crippen LogP contribution in [0.5, 0.6) is 5.75 Å². The molecule has 1 aromatic carbocycles. The Morgan fingerprint density at radius 3 is 1.86 bits per heavy atom. The molecule has 28 heteroatoms. The molecule has 0 aliphatic carbocycles. The van der Waals surface area contributed by atoms with Crippen molar-refractivity contribution in [3.63, 3.8) is 0 Å². The van der Waals surface area contributed by atoms with E-state index in [0.29, 0.717) is 17.0 Å². The average molecular weight is 1240 g/mol. The van der Waals surface area contributed by atoms with Gasteiger partial charge in [-0.1, -0.05) is 71.4 Å². The van der Waals surface area contributed by atoms with Crippen molar-refractivity contribution in [2.24, 2.45) is 41.4 Å². The third-order valence-electron chi connectivity index (χ3n) is 16.7. The van der Waals surface area contributed by atoms with Crippen LogP contribution in [0.25, 0.3) is 0 Å². The number of esters is 1. The third-order valence-corrected chi connectivity index (χ3v) is 19.6.